The van der Waals surface area contributed by atoms with E-state index < -0.39 is 0 Å². The second-order valence-electron chi connectivity index (χ2n) is 4.79. The van der Waals surface area contributed by atoms with Crippen LogP contribution in [-0.4, -0.2) is 19.8 Å². The van der Waals surface area contributed by atoms with Gasteiger partial charge in [-0.3, -0.25) is 0 Å². The van der Waals surface area contributed by atoms with E-state index in [-0.39, 0.29) is 0 Å². The Hall–Kier alpha value is -0.570. The van der Waals surface area contributed by atoms with Crippen LogP contribution in [0.2, 0.25) is 5.02 Å². The summed E-state index contributed by atoms with van der Waals surface area (Å²) in [7, 11) is 0. The third-order valence-corrected chi connectivity index (χ3v) is 3.63. The van der Waals surface area contributed by atoms with Crippen molar-refractivity contribution in [3.05, 3.63) is 34.3 Å². The lowest BCUT2D eigenvalue weighted by molar-refractivity contribution is 0.184. The SMILES string of the molecule is Cc1ccc(CNCCC2CCOC2)c(Cl)c1. The number of rotatable bonds is 5. The van der Waals surface area contributed by atoms with Crippen molar-refractivity contribution in [2.75, 3.05) is 19.8 Å². The Balaban J connectivity index is 1.70. The molecule has 0 radical (unpaired) electrons. The van der Waals surface area contributed by atoms with Gasteiger partial charge in [-0.1, -0.05) is 23.7 Å². The van der Waals surface area contributed by atoms with Crippen molar-refractivity contribution in [3.8, 4) is 0 Å². The van der Waals surface area contributed by atoms with E-state index in [9.17, 15) is 0 Å². The summed E-state index contributed by atoms with van der Waals surface area (Å²) in [5.41, 5.74) is 2.39. The molecule has 3 heteroatoms. The zero-order valence-electron chi connectivity index (χ0n) is 10.3. The van der Waals surface area contributed by atoms with E-state index in [4.69, 9.17) is 16.3 Å². The van der Waals surface area contributed by atoms with Gasteiger partial charge in [-0.25, -0.2) is 0 Å². The number of halogens is 1. The van der Waals surface area contributed by atoms with Crippen molar-refractivity contribution < 1.29 is 4.74 Å². The summed E-state index contributed by atoms with van der Waals surface area (Å²) in [6, 6.07) is 6.22. The number of nitrogens with one attached hydrogen (secondary N) is 1. The molecule has 1 saturated heterocycles. The maximum Gasteiger partial charge on any atom is 0.0495 e. The first kappa shape index (κ1) is 12.9. The van der Waals surface area contributed by atoms with Gasteiger partial charge >= 0.3 is 0 Å². The number of hydrogen-bond donors (Lipinski definition) is 1. The molecule has 0 saturated carbocycles. The molecule has 1 atom stereocenters. The molecule has 0 amide bonds. The maximum absolute atomic E-state index is 6.18. The minimum atomic E-state index is 0.746. The van der Waals surface area contributed by atoms with Crippen LogP contribution in [0.5, 0.6) is 0 Å². The van der Waals surface area contributed by atoms with E-state index in [0.717, 1.165) is 37.2 Å². The van der Waals surface area contributed by atoms with E-state index in [1.807, 2.05) is 6.07 Å². The number of benzene rings is 1. The molecule has 1 aliphatic heterocycles. The Kier molecular flexibility index (Phi) is 4.84. The second kappa shape index (κ2) is 6.39. The number of hydrogen-bond acceptors (Lipinski definition) is 2. The Morgan fingerprint density at radius 3 is 3.06 bits per heavy atom. The van der Waals surface area contributed by atoms with Crippen LogP contribution >= 0.6 is 11.6 Å². The first-order chi connectivity index (χ1) is 8.25. The van der Waals surface area contributed by atoms with Gasteiger partial charge in [0.25, 0.3) is 0 Å². The Bertz CT molecular complexity index is 361. The smallest absolute Gasteiger partial charge is 0.0495 e. The second-order valence-corrected chi connectivity index (χ2v) is 5.20. The predicted molar refractivity (Wildman–Crippen MR) is 71.4 cm³/mol. The minimum absolute atomic E-state index is 0.746. The van der Waals surface area contributed by atoms with Crippen LogP contribution in [-0.2, 0) is 11.3 Å². The topological polar surface area (TPSA) is 21.3 Å². The largest absolute Gasteiger partial charge is 0.381 e. The number of aryl methyl sites for hydroxylation is 1. The monoisotopic (exact) mass is 253 g/mol. The van der Waals surface area contributed by atoms with E-state index in [2.05, 4.69) is 24.4 Å². The molecular formula is C14H20ClNO. The van der Waals surface area contributed by atoms with Crippen molar-refractivity contribution in [2.24, 2.45) is 5.92 Å². The van der Waals surface area contributed by atoms with E-state index in [0.29, 0.717) is 0 Å². The van der Waals surface area contributed by atoms with E-state index >= 15 is 0 Å². The molecule has 0 spiro atoms. The summed E-state index contributed by atoms with van der Waals surface area (Å²) in [5, 5.41) is 4.31. The van der Waals surface area contributed by atoms with Crippen LogP contribution < -0.4 is 5.32 Å². The molecule has 1 aliphatic rings. The van der Waals surface area contributed by atoms with E-state index in [1.165, 1.54) is 24.0 Å². The first-order valence-electron chi connectivity index (χ1n) is 6.29. The Labute approximate surface area is 108 Å². The summed E-state index contributed by atoms with van der Waals surface area (Å²) in [5.74, 6) is 0.746. The molecule has 1 aromatic rings. The van der Waals surface area contributed by atoms with Gasteiger partial charge in [-0.2, -0.15) is 0 Å². The zero-order valence-corrected chi connectivity index (χ0v) is 11.1. The zero-order chi connectivity index (χ0) is 12.1. The Morgan fingerprint density at radius 2 is 2.35 bits per heavy atom. The Morgan fingerprint density at radius 1 is 1.47 bits per heavy atom. The summed E-state index contributed by atoms with van der Waals surface area (Å²) in [4.78, 5) is 0. The van der Waals surface area contributed by atoms with Gasteiger partial charge in [-0.05, 0) is 49.4 Å². The van der Waals surface area contributed by atoms with Crippen LogP contribution in [0.25, 0.3) is 0 Å². The van der Waals surface area contributed by atoms with Crippen molar-refractivity contribution in [3.63, 3.8) is 0 Å². The van der Waals surface area contributed by atoms with Crippen LogP contribution in [0, 0.1) is 12.8 Å². The van der Waals surface area contributed by atoms with Gasteiger partial charge in [0.2, 0.25) is 0 Å². The molecule has 1 fully saturated rings. The van der Waals surface area contributed by atoms with Crippen molar-refractivity contribution in [1.29, 1.82) is 0 Å². The summed E-state index contributed by atoms with van der Waals surface area (Å²) >= 11 is 6.18. The molecule has 17 heavy (non-hydrogen) atoms. The van der Waals surface area contributed by atoms with Crippen molar-refractivity contribution >= 4 is 11.6 Å². The average Bonchev–Trinajstić information content (AvgIpc) is 2.79. The standard InChI is InChI=1S/C14H20ClNO/c1-11-2-3-13(14(15)8-11)9-16-6-4-12-5-7-17-10-12/h2-3,8,12,16H,4-7,9-10H2,1H3. The third-order valence-electron chi connectivity index (χ3n) is 3.28. The molecule has 1 aromatic carbocycles. The summed E-state index contributed by atoms with van der Waals surface area (Å²) < 4.78 is 5.36. The summed E-state index contributed by atoms with van der Waals surface area (Å²) in [6.45, 7) is 5.83. The minimum Gasteiger partial charge on any atom is -0.381 e. The molecular weight excluding hydrogens is 234 g/mol. The fourth-order valence-electron chi connectivity index (χ4n) is 2.14. The van der Waals surface area contributed by atoms with Crippen LogP contribution in [0.1, 0.15) is 24.0 Å². The predicted octanol–water partition coefficient (Wildman–Crippen LogP) is 3.16. The molecule has 1 heterocycles. The van der Waals surface area contributed by atoms with Gasteiger partial charge in [0.15, 0.2) is 0 Å². The highest BCUT2D eigenvalue weighted by molar-refractivity contribution is 6.31. The summed E-state index contributed by atoms with van der Waals surface area (Å²) in [6.07, 6.45) is 2.41. The lowest BCUT2D eigenvalue weighted by Gasteiger charge is -2.10. The van der Waals surface area contributed by atoms with Crippen molar-refractivity contribution in [1.82, 2.24) is 5.32 Å². The van der Waals surface area contributed by atoms with Crippen molar-refractivity contribution in [2.45, 2.75) is 26.3 Å². The average molecular weight is 254 g/mol. The van der Waals surface area contributed by atoms with Gasteiger partial charge in [0.05, 0.1) is 0 Å². The fourth-order valence-corrected chi connectivity index (χ4v) is 2.44. The highest BCUT2D eigenvalue weighted by Gasteiger charge is 2.14. The van der Waals surface area contributed by atoms with E-state index in [1.54, 1.807) is 0 Å². The molecule has 0 bridgehead atoms. The molecule has 0 aromatic heterocycles. The number of ether oxygens (including phenoxy) is 1. The molecule has 1 N–H and O–H groups in total. The lowest BCUT2D eigenvalue weighted by Crippen LogP contribution is -2.18. The van der Waals surface area contributed by atoms with Gasteiger partial charge < -0.3 is 10.1 Å². The lowest BCUT2D eigenvalue weighted by atomic mass is 10.1. The highest BCUT2D eigenvalue weighted by atomic mass is 35.5. The molecule has 94 valence electrons. The quantitative estimate of drug-likeness (QED) is 0.814. The van der Waals surface area contributed by atoms with Gasteiger partial charge in [0, 0.05) is 24.8 Å². The first-order valence-corrected chi connectivity index (χ1v) is 6.67. The molecule has 0 aliphatic carbocycles. The van der Waals surface area contributed by atoms with Gasteiger partial charge in [0.1, 0.15) is 0 Å². The maximum atomic E-state index is 6.18. The normalized spacial score (nSPS) is 19.8. The van der Waals surface area contributed by atoms with Gasteiger partial charge in [-0.15, -0.1) is 0 Å². The van der Waals surface area contributed by atoms with Crippen LogP contribution in [0.15, 0.2) is 18.2 Å². The third kappa shape index (κ3) is 3.98. The van der Waals surface area contributed by atoms with Crippen LogP contribution in [0.4, 0.5) is 0 Å². The highest BCUT2D eigenvalue weighted by Crippen LogP contribution is 2.18. The fraction of sp³-hybridized carbons (Fsp3) is 0.571. The molecule has 2 nitrogen and oxygen atoms in total. The molecule has 1 unspecified atom stereocenters. The van der Waals surface area contributed by atoms with Crippen LogP contribution in [0.3, 0.4) is 0 Å². The molecule has 2 rings (SSSR count).